The molecule has 0 amide bonds. The van der Waals surface area contributed by atoms with Gasteiger partial charge in [-0.15, -0.1) is 0 Å². The highest BCUT2D eigenvalue weighted by Crippen LogP contribution is 2.11. The summed E-state index contributed by atoms with van der Waals surface area (Å²) in [5.74, 6) is 1.47. The molecule has 0 fully saturated rings. The molecular weight excluding hydrogens is 248 g/mol. The zero-order valence-corrected chi connectivity index (χ0v) is 11.5. The zero-order valence-electron chi connectivity index (χ0n) is 11.5. The van der Waals surface area contributed by atoms with Crippen LogP contribution in [0.2, 0.25) is 0 Å². The highest BCUT2D eigenvalue weighted by molar-refractivity contribution is 5.74. The molecule has 0 radical (unpaired) electrons. The maximum atomic E-state index is 11.1. The monoisotopic (exact) mass is 268 g/mol. The zero-order chi connectivity index (χ0) is 14.1. The predicted octanol–water partition coefficient (Wildman–Crippen LogP) is 1.03. The SMILES string of the molecule is CCNc1cc(NCC(=O)OC)nc(COCC)n1. The Morgan fingerprint density at radius 1 is 1.26 bits per heavy atom. The van der Waals surface area contributed by atoms with Crippen LogP contribution in [0.3, 0.4) is 0 Å². The summed E-state index contributed by atoms with van der Waals surface area (Å²) >= 11 is 0. The van der Waals surface area contributed by atoms with Crippen LogP contribution < -0.4 is 10.6 Å². The normalized spacial score (nSPS) is 10.1. The highest BCUT2D eigenvalue weighted by Gasteiger charge is 2.06. The van der Waals surface area contributed by atoms with Crippen molar-refractivity contribution in [1.29, 1.82) is 0 Å². The van der Waals surface area contributed by atoms with Crippen LogP contribution in [0.25, 0.3) is 0 Å². The number of ether oxygens (including phenoxy) is 2. The number of carbonyl (C=O) groups is 1. The highest BCUT2D eigenvalue weighted by atomic mass is 16.5. The largest absolute Gasteiger partial charge is 0.468 e. The number of esters is 1. The number of hydrogen-bond donors (Lipinski definition) is 2. The second kappa shape index (κ2) is 8.25. The molecule has 19 heavy (non-hydrogen) atoms. The average Bonchev–Trinajstić information content (AvgIpc) is 2.42. The molecular formula is C12H20N4O3. The lowest BCUT2D eigenvalue weighted by molar-refractivity contribution is -0.138. The van der Waals surface area contributed by atoms with Gasteiger partial charge in [0.25, 0.3) is 0 Å². The van der Waals surface area contributed by atoms with Crippen molar-refractivity contribution in [3.8, 4) is 0 Å². The van der Waals surface area contributed by atoms with Crippen LogP contribution in [-0.4, -0.2) is 42.7 Å². The first-order valence-corrected chi connectivity index (χ1v) is 6.19. The fraction of sp³-hybridized carbons (Fsp3) is 0.583. The summed E-state index contributed by atoms with van der Waals surface area (Å²) in [7, 11) is 1.34. The van der Waals surface area contributed by atoms with E-state index in [1.54, 1.807) is 6.07 Å². The maximum absolute atomic E-state index is 11.1. The molecule has 0 aliphatic carbocycles. The first-order valence-electron chi connectivity index (χ1n) is 6.19. The Morgan fingerprint density at radius 3 is 2.53 bits per heavy atom. The number of nitrogens with zero attached hydrogens (tertiary/aromatic N) is 2. The first-order chi connectivity index (χ1) is 9.19. The van der Waals surface area contributed by atoms with Gasteiger partial charge in [-0.25, -0.2) is 9.97 Å². The van der Waals surface area contributed by atoms with E-state index in [1.165, 1.54) is 7.11 Å². The third-order valence-electron chi connectivity index (χ3n) is 2.21. The van der Waals surface area contributed by atoms with Gasteiger partial charge in [0.2, 0.25) is 0 Å². The molecule has 1 aromatic heterocycles. The standard InChI is InChI=1S/C12H20N4O3/c1-4-13-9-6-10(14-7-12(17)18-3)16-11(15-9)8-19-5-2/h6H,4-5,7-8H2,1-3H3,(H2,13,14,15,16). The van der Waals surface area contributed by atoms with Crippen LogP contribution >= 0.6 is 0 Å². The number of hydrogen-bond acceptors (Lipinski definition) is 7. The van der Waals surface area contributed by atoms with E-state index in [0.29, 0.717) is 30.7 Å². The Hall–Kier alpha value is -1.89. The quantitative estimate of drug-likeness (QED) is 0.681. The maximum Gasteiger partial charge on any atom is 0.325 e. The Bertz CT molecular complexity index is 412. The van der Waals surface area contributed by atoms with Gasteiger partial charge in [0.15, 0.2) is 5.82 Å². The van der Waals surface area contributed by atoms with Crippen LogP contribution in [-0.2, 0) is 20.9 Å². The molecule has 0 saturated carbocycles. The van der Waals surface area contributed by atoms with Crippen LogP contribution in [0.1, 0.15) is 19.7 Å². The van der Waals surface area contributed by atoms with E-state index >= 15 is 0 Å². The van der Waals surface area contributed by atoms with Crippen molar-refractivity contribution in [3.63, 3.8) is 0 Å². The minimum absolute atomic E-state index is 0.0627. The summed E-state index contributed by atoms with van der Waals surface area (Å²) < 4.78 is 9.84. The Labute approximate surface area is 112 Å². The van der Waals surface area contributed by atoms with Crippen molar-refractivity contribution in [2.24, 2.45) is 0 Å². The van der Waals surface area contributed by atoms with Gasteiger partial charge in [-0.2, -0.15) is 0 Å². The smallest absolute Gasteiger partial charge is 0.325 e. The molecule has 106 valence electrons. The third kappa shape index (κ3) is 5.52. The Kier molecular flexibility index (Phi) is 6.59. The molecule has 1 rings (SSSR count). The second-order valence-electron chi connectivity index (χ2n) is 3.65. The molecule has 2 N–H and O–H groups in total. The third-order valence-corrected chi connectivity index (χ3v) is 2.21. The van der Waals surface area contributed by atoms with Crippen molar-refractivity contribution in [2.45, 2.75) is 20.5 Å². The van der Waals surface area contributed by atoms with E-state index in [2.05, 4.69) is 25.3 Å². The molecule has 0 aliphatic rings. The lowest BCUT2D eigenvalue weighted by Gasteiger charge is -2.10. The summed E-state index contributed by atoms with van der Waals surface area (Å²) in [4.78, 5) is 19.7. The van der Waals surface area contributed by atoms with Crippen molar-refractivity contribution in [1.82, 2.24) is 9.97 Å². The van der Waals surface area contributed by atoms with E-state index in [-0.39, 0.29) is 12.5 Å². The number of anilines is 2. The second-order valence-corrected chi connectivity index (χ2v) is 3.65. The van der Waals surface area contributed by atoms with E-state index in [4.69, 9.17) is 4.74 Å². The average molecular weight is 268 g/mol. The van der Waals surface area contributed by atoms with Crippen molar-refractivity contribution in [3.05, 3.63) is 11.9 Å². The van der Waals surface area contributed by atoms with Crippen LogP contribution in [0.5, 0.6) is 0 Å². The van der Waals surface area contributed by atoms with Gasteiger partial charge in [0, 0.05) is 19.2 Å². The van der Waals surface area contributed by atoms with Gasteiger partial charge in [-0.3, -0.25) is 4.79 Å². The van der Waals surface area contributed by atoms with E-state index in [0.717, 1.165) is 6.54 Å². The lowest BCUT2D eigenvalue weighted by atomic mass is 10.4. The van der Waals surface area contributed by atoms with Crippen molar-refractivity contribution >= 4 is 17.6 Å². The van der Waals surface area contributed by atoms with E-state index in [9.17, 15) is 4.79 Å². The van der Waals surface area contributed by atoms with Gasteiger partial charge < -0.3 is 20.1 Å². The number of methoxy groups -OCH3 is 1. The molecule has 0 bridgehead atoms. The molecule has 0 unspecified atom stereocenters. The Balaban J connectivity index is 2.76. The molecule has 0 aromatic carbocycles. The first kappa shape index (κ1) is 15.2. The molecule has 7 heteroatoms. The summed E-state index contributed by atoms with van der Waals surface area (Å²) in [5.41, 5.74) is 0. The number of rotatable bonds is 8. The lowest BCUT2D eigenvalue weighted by Crippen LogP contribution is -2.17. The summed E-state index contributed by atoms with van der Waals surface area (Å²) in [6.07, 6.45) is 0. The molecule has 7 nitrogen and oxygen atoms in total. The fourth-order valence-electron chi connectivity index (χ4n) is 1.35. The predicted molar refractivity (Wildman–Crippen MR) is 72.0 cm³/mol. The molecule has 0 saturated heterocycles. The number of aromatic nitrogens is 2. The molecule has 1 heterocycles. The summed E-state index contributed by atoms with van der Waals surface area (Å²) in [5, 5.41) is 5.99. The number of nitrogens with one attached hydrogen (secondary N) is 2. The van der Waals surface area contributed by atoms with Gasteiger partial charge in [-0.05, 0) is 13.8 Å². The van der Waals surface area contributed by atoms with Crippen LogP contribution in [0, 0.1) is 0 Å². The minimum Gasteiger partial charge on any atom is -0.468 e. The molecule has 0 atom stereocenters. The minimum atomic E-state index is -0.352. The fourth-order valence-corrected chi connectivity index (χ4v) is 1.35. The van der Waals surface area contributed by atoms with Crippen molar-refractivity contribution in [2.75, 3.05) is 37.4 Å². The van der Waals surface area contributed by atoms with E-state index < -0.39 is 0 Å². The number of carbonyl (C=O) groups excluding carboxylic acids is 1. The van der Waals surface area contributed by atoms with Gasteiger partial charge in [0.1, 0.15) is 24.8 Å². The summed E-state index contributed by atoms with van der Waals surface area (Å²) in [6, 6.07) is 1.74. The summed E-state index contributed by atoms with van der Waals surface area (Å²) in [6.45, 7) is 5.63. The van der Waals surface area contributed by atoms with Gasteiger partial charge >= 0.3 is 5.97 Å². The van der Waals surface area contributed by atoms with Gasteiger partial charge in [0.05, 0.1) is 7.11 Å². The van der Waals surface area contributed by atoms with Crippen molar-refractivity contribution < 1.29 is 14.3 Å². The topological polar surface area (TPSA) is 85.4 Å². The molecule has 0 aliphatic heterocycles. The molecule has 1 aromatic rings. The Morgan fingerprint density at radius 2 is 1.95 bits per heavy atom. The van der Waals surface area contributed by atoms with Crippen LogP contribution in [0.4, 0.5) is 11.6 Å². The van der Waals surface area contributed by atoms with Gasteiger partial charge in [-0.1, -0.05) is 0 Å². The van der Waals surface area contributed by atoms with Crippen LogP contribution in [0.15, 0.2) is 6.07 Å². The molecule has 0 spiro atoms. The van der Waals surface area contributed by atoms with E-state index in [1.807, 2.05) is 13.8 Å².